The molecule has 0 bridgehead atoms. The van der Waals surface area contributed by atoms with E-state index in [4.69, 9.17) is 0 Å². The van der Waals surface area contributed by atoms with Crippen LogP contribution in [0.15, 0.2) is 97.1 Å². The van der Waals surface area contributed by atoms with Gasteiger partial charge >= 0.3 is 0 Å². The van der Waals surface area contributed by atoms with E-state index >= 15 is 0 Å². The molecule has 2 heterocycles. The van der Waals surface area contributed by atoms with Gasteiger partial charge in [0.15, 0.2) is 0 Å². The van der Waals surface area contributed by atoms with Crippen LogP contribution in [-0.4, -0.2) is 12.5 Å². The van der Waals surface area contributed by atoms with Crippen LogP contribution in [0.4, 0.5) is 11.4 Å². The van der Waals surface area contributed by atoms with E-state index in [1.807, 2.05) is 23.1 Å². The fourth-order valence-corrected chi connectivity index (χ4v) is 5.69. The first-order valence-electron chi connectivity index (χ1n) is 12.6. The van der Waals surface area contributed by atoms with Gasteiger partial charge in [0.1, 0.15) is 0 Å². The number of amides is 1. The highest BCUT2D eigenvalue weighted by Crippen LogP contribution is 2.44. The summed E-state index contributed by atoms with van der Waals surface area (Å²) >= 11 is 0. The quantitative estimate of drug-likeness (QED) is 0.367. The second kappa shape index (κ2) is 8.74. The summed E-state index contributed by atoms with van der Waals surface area (Å²) in [6.07, 6.45) is 3.93. The van der Waals surface area contributed by atoms with Gasteiger partial charge in [0.2, 0.25) is 0 Å². The average molecular weight is 459 g/mol. The molecule has 6 rings (SSSR count). The molecule has 0 saturated carbocycles. The lowest BCUT2D eigenvalue weighted by Gasteiger charge is -2.32. The van der Waals surface area contributed by atoms with E-state index in [0.717, 1.165) is 43.5 Å². The van der Waals surface area contributed by atoms with E-state index in [9.17, 15) is 4.79 Å². The molecule has 0 saturated heterocycles. The van der Waals surface area contributed by atoms with Gasteiger partial charge in [0.05, 0.1) is 5.54 Å². The number of hydrogen-bond acceptors (Lipinski definition) is 2. The molecule has 3 nitrogen and oxygen atoms in total. The molecule has 0 radical (unpaired) electrons. The van der Waals surface area contributed by atoms with Gasteiger partial charge < -0.3 is 10.2 Å². The number of nitrogens with zero attached hydrogens (tertiary/aromatic N) is 1. The maximum atomic E-state index is 13.5. The first kappa shape index (κ1) is 21.7. The van der Waals surface area contributed by atoms with E-state index in [2.05, 4.69) is 91.1 Å². The van der Waals surface area contributed by atoms with Gasteiger partial charge in [-0.1, -0.05) is 79.7 Å². The summed E-state index contributed by atoms with van der Waals surface area (Å²) in [6.45, 7) is 2.95. The first-order valence-corrected chi connectivity index (χ1v) is 12.6. The van der Waals surface area contributed by atoms with Crippen LogP contribution in [0.5, 0.6) is 0 Å². The standard InChI is InChI=1S/C32H30N2O/c1-2-23-13-17-27(18-14-23)32(22-26-9-3-5-11-29(26)33-32)28-19-15-25(16-20-28)31(35)34-21-7-10-24-8-4-6-12-30(24)34/h3-6,8-9,11-20,33H,2,7,10,21-22H2,1H3. The zero-order valence-corrected chi connectivity index (χ0v) is 20.1. The fourth-order valence-electron chi connectivity index (χ4n) is 5.69. The van der Waals surface area contributed by atoms with Crippen LogP contribution >= 0.6 is 0 Å². The van der Waals surface area contributed by atoms with Crippen molar-refractivity contribution in [2.45, 2.75) is 38.1 Å². The lowest BCUT2D eigenvalue weighted by molar-refractivity contribution is 0.0985. The van der Waals surface area contributed by atoms with Gasteiger partial charge in [-0.05, 0) is 71.3 Å². The van der Waals surface area contributed by atoms with Crippen molar-refractivity contribution in [3.05, 3.63) is 130 Å². The molecule has 2 aliphatic heterocycles. The Bertz CT molecular complexity index is 1350. The Morgan fingerprint density at radius 1 is 0.829 bits per heavy atom. The smallest absolute Gasteiger partial charge is 0.258 e. The van der Waals surface area contributed by atoms with Crippen molar-refractivity contribution >= 4 is 17.3 Å². The van der Waals surface area contributed by atoms with E-state index in [1.54, 1.807) is 0 Å². The summed E-state index contributed by atoms with van der Waals surface area (Å²) in [5, 5.41) is 3.85. The van der Waals surface area contributed by atoms with E-state index in [0.29, 0.717) is 0 Å². The zero-order chi connectivity index (χ0) is 23.8. The number of rotatable bonds is 4. The third-order valence-electron chi connectivity index (χ3n) is 7.66. The molecule has 0 aliphatic carbocycles. The van der Waals surface area contributed by atoms with E-state index in [-0.39, 0.29) is 11.4 Å². The normalized spacial score (nSPS) is 18.5. The van der Waals surface area contributed by atoms with Crippen LogP contribution in [0.2, 0.25) is 0 Å². The number of anilines is 2. The Hall–Kier alpha value is -3.85. The number of aryl methyl sites for hydroxylation is 2. The predicted molar refractivity (Wildman–Crippen MR) is 143 cm³/mol. The minimum absolute atomic E-state index is 0.0766. The van der Waals surface area contributed by atoms with Crippen LogP contribution in [0.25, 0.3) is 0 Å². The largest absolute Gasteiger partial charge is 0.371 e. The molecular formula is C32H30N2O. The number of hydrogen-bond donors (Lipinski definition) is 1. The Morgan fingerprint density at radius 2 is 1.49 bits per heavy atom. The Kier molecular flexibility index (Phi) is 5.41. The minimum Gasteiger partial charge on any atom is -0.371 e. The number of benzene rings is 4. The van der Waals surface area contributed by atoms with Crippen LogP contribution in [0.3, 0.4) is 0 Å². The molecule has 4 aromatic carbocycles. The molecule has 4 aromatic rings. The Balaban J connectivity index is 1.36. The average Bonchev–Trinajstić information content (AvgIpc) is 3.33. The zero-order valence-electron chi connectivity index (χ0n) is 20.1. The van der Waals surface area contributed by atoms with Crippen LogP contribution in [0.1, 0.15) is 51.5 Å². The maximum absolute atomic E-state index is 13.5. The number of fused-ring (bicyclic) bond motifs is 2. The van der Waals surface area contributed by atoms with Crippen LogP contribution < -0.4 is 10.2 Å². The molecular weight excluding hydrogens is 428 g/mol. The fraction of sp³-hybridized carbons (Fsp3) is 0.219. The van der Waals surface area contributed by atoms with Crippen molar-refractivity contribution in [2.24, 2.45) is 0 Å². The second-order valence-corrected chi connectivity index (χ2v) is 9.68. The summed E-state index contributed by atoms with van der Waals surface area (Å²) in [5.41, 5.74) is 8.94. The Morgan fingerprint density at radius 3 is 2.20 bits per heavy atom. The minimum atomic E-state index is -0.352. The summed E-state index contributed by atoms with van der Waals surface area (Å²) in [7, 11) is 0. The number of para-hydroxylation sites is 2. The lowest BCUT2D eigenvalue weighted by Crippen LogP contribution is -2.36. The number of nitrogens with one attached hydrogen (secondary N) is 1. The molecule has 2 aliphatic rings. The van der Waals surface area contributed by atoms with Gasteiger partial charge in [-0.15, -0.1) is 0 Å². The van der Waals surface area contributed by atoms with Crippen molar-refractivity contribution in [1.29, 1.82) is 0 Å². The van der Waals surface area contributed by atoms with Gasteiger partial charge in [0.25, 0.3) is 5.91 Å². The molecule has 1 amide bonds. The molecule has 0 spiro atoms. The highest BCUT2D eigenvalue weighted by molar-refractivity contribution is 6.06. The highest BCUT2D eigenvalue weighted by atomic mass is 16.2. The molecule has 3 heteroatoms. The van der Waals surface area contributed by atoms with Crippen molar-refractivity contribution in [3.8, 4) is 0 Å². The molecule has 1 N–H and O–H groups in total. The molecule has 0 fully saturated rings. The molecule has 1 atom stereocenters. The maximum Gasteiger partial charge on any atom is 0.258 e. The first-order chi connectivity index (χ1) is 17.2. The van der Waals surface area contributed by atoms with Crippen molar-refractivity contribution in [2.75, 3.05) is 16.8 Å². The van der Waals surface area contributed by atoms with Crippen LogP contribution in [-0.2, 0) is 24.8 Å². The third kappa shape index (κ3) is 3.72. The van der Waals surface area contributed by atoms with Gasteiger partial charge in [-0.2, -0.15) is 0 Å². The monoisotopic (exact) mass is 458 g/mol. The molecule has 0 aromatic heterocycles. The topological polar surface area (TPSA) is 32.3 Å². The summed E-state index contributed by atoms with van der Waals surface area (Å²) in [5.74, 6) is 0.0766. The van der Waals surface area contributed by atoms with Crippen molar-refractivity contribution in [3.63, 3.8) is 0 Å². The van der Waals surface area contributed by atoms with Crippen molar-refractivity contribution in [1.82, 2.24) is 0 Å². The lowest BCUT2D eigenvalue weighted by atomic mass is 9.80. The number of carbonyl (C=O) groups is 1. The van der Waals surface area contributed by atoms with Crippen LogP contribution in [0, 0.1) is 0 Å². The molecule has 174 valence electrons. The van der Waals surface area contributed by atoms with Gasteiger partial charge in [-0.25, -0.2) is 0 Å². The Labute approximate surface area is 207 Å². The third-order valence-corrected chi connectivity index (χ3v) is 7.66. The predicted octanol–water partition coefficient (Wildman–Crippen LogP) is 6.75. The summed E-state index contributed by atoms with van der Waals surface area (Å²) < 4.78 is 0. The summed E-state index contributed by atoms with van der Waals surface area (Å²) in [6, 6.07) is 34.1. The molecule has 35 heavy (non-hydrogen) atoms. The summed E-state index contributed by atoms with van der Waals surface area (Å²) in [4.78, 5) is 15.4. The second-order valence-electron chi connectivity index (χ2n) is 9.68. The van der Waals surface area contributed by atoms with Crippen molar-refractivity contribution < 1.29 is 4.79 Å². The van der Waals surface area contributed by atoms with E-state index in [1.165, 1.54) is 33.5 Å². The highest BCUT2D eigenvalue weighted by Gasteiger charge is 2.40. The molecule has 1 unspecified atom stereocenters. The SMILES string of the molecule is CCc1ccc(C2(c3ccc(C(=O)N4CCCc5ccccc54)cc3)Cc3ccccc3N2)cc1. The van der Waals surface area contributed by atoms with E-state index < -0.39 is 0 Å². The number of carbonyl (C=O) groups excluding carboxylic acids is 1. The van der Waals surface area contributed by atoms with Gasteiger partial charge in [-0.3, -0.25) is 4.79 Å². The van der Waals surface area contributed by atoms with Gasteiger partial charge in [0, 0.05) is 29.9 Å².